The van der Waals surface area contributed by atoms with Crippen molar-refractivity contribution in [1.82, 2.24) is 9.61 Å². The van der Waals surface area contributed by atoms with Crippen molar-refractivity contribution in [2.24, 2.45) is 0 Å². The summed E-state index contributed by atoms with van der Waals surface area (Å²) < 4.78 is 7.68. The minimum Gasteiger partial charge on any atom is -0.457 e. The lowest BCUT2D eigenvalue weighted by molar-refractivity contribution is 0.483. The molecule has 2 heterocycles. The average Bonchev–Trinajstić information content (AvgIpc) is 3.06. The Morgan fingerprint density at radius 3 is 2.46 bits per heavy atom. The number of nitrogens with zero attached hydrogens (tertiary/aromatic N) is 3. The predicted molar refractivity (Wildman–Crippen MR) is 110 cm³/mol. The van der Waals surface area contributed by atoms with E-state index in [1.54, 1.807) is 6.20 Å². The van der Waals surface area contributed by atoms with Gasteiger partial charge in [-0.15, -0.1) is 0 Å². The number of aromatic nitrogens is 2. The van der Waals surface area contributed by atoms with Crippen LogP contribution in [0.15, 0.2) is 67.0 Å². The van der Waals surface area contributed by atoms with Crippen molar-refractivity contribution in [3.05, 3.63) is 83.7 Å². The molecule has 5 nitrogen and oxygen atoms in total. The second-order valence-electron chi connectivity index (χ2n) is 6.54. The first-order chi connectivity index (χ1) is 13.7. The van der Waals surface area contributed by atoms with Crippen molar-refractivity contribution in [3.63, 3.8) is 0 Å². The van der Waals surface area contributed by atoms with Crippen molar-refractivity contribution < 1.29 is 4.74 Å². The van der Waals surface area contributed by atoms with Crippen LogP contribution in [0.2, 0.25) is 0 Å². The number of fused-ring (bicyclic) bond motifs is 1. The number of anilines is 2. The van der Waals surface area contributed by atoms with E-state index in [2.05, 4.69) is 30.3 Å². The SMILES string of the molecule is CCc1cn2ncc(C#N)c(Nc3ccc(Oc4ccccc4)cc3)c2c1C. The molecule has 2 aromatic heterocycles. The predicted octanol–water partition coefficient (Wildman–Crippen LogP) is 5.61. The lowest BCUT2D eigenvalue weighted by atomic mass is 10.1. The standard InChI is InChI=1S/C23H20N4O/c1-3-17-15-27-23(16(17)2)22(18(13-24)14-25-27)26-19-9-11-21(12-10-19)28-20-7-5-4-6-8-20/h4-12,14-15,26H,3H2,1-2H3. The molecular formula is C23H20N4O. The van der Waals surface area contributed by atoms with Crippen LogP contribution in [0.25, 0.3) is 5.52 Å². The lowest BCUT2D eigenvalue weighted by Gasteiger charge is -2.12. The number of hydrogen-bond acceptors (Lipinski definition) is 4. The first-order valence-electron chi connectivity index (χ1n) is 9.19. The third-order valence-electron chi connectivity index (χ3n) is 4.77. The summed E-state index contributed by atoms with van der Waals surface area (Å²) >= 11 is 0. The Labute approximate surface area is 163 Å². The number of ether oxygens (including phenoxy) is 1. The number of nitrogens with one attached hydrogen (secondary N) is 1. The Morgan fingerprint density at radius 1 is 1.07 bits per heavy atom. The van der Waals surface area contributed by atoms with Crippen LogP contribution in [-0.2, 0) is 6.42 Å². The van der Waals surface area contributed by atoms with Crippen molar-refractivity contribution in [3.8, 4) is 17.6 Å². The molecule has 0 amide bonds. The van der Waals surface area contributed by atoms with Gasteiger partial charge in [0.25, 0.3) is 0 Å². The van der Waals surface area contributed by atoms with E-state index in [0.717, 1.165) is 40.4 Å². The Hall–Kier alpha value is -3.78. The van der Waals surface area contributed by atoms with E-state index in [1.807, 2.05) is 65.3 Å². The largest absolute Gasteiger partial charge is 0.457 e. The summed E-state index contributed by atoms with van der Waals surface area (Å²) in [6, 6.07) is 19.6. The fourth-order valence-corrected chi connectivity index (χ4v) is 3.28. The molecule has 5 heteroatoms. The Bertz CT molecular complexity index is 1160. The van der Waals surface area contributed by atoms with Gasteiger partial charge in [0.1, 0.15) is 17.6 Å². The normalized spacial score (nSPS) is 10.6. The molecule has 0 bridgehead atoms. The quantitative estimate of drug-likeness (QED) is 0.497. The maximum Gasteiger partial charge on any atom is 0.127 e. The summed E-state index contributed by atoms with van der Waals surface area (Å²) in [5.74, 6) is 1.55. The van der Waals surface area contributed by atoms with E-state index in [-0.39, 0.29) is 0 Å². The van der Waals surface area contributed by atoms with E-state index in [9.17, 15) is 5.26 Å². The second-order valence-corrected chi connectivity index (χ2v) is 6.54. The van der Waals surface area contributed by atoms with Crippen molar-refractivity contribution in [2.75, 3.05) is 5.32 Å². The summed E-state index contributed by atoms with van der Waals surface area (Å²) in [6.45, 7) is 4.19. The van der Waals surface area contributed by atoms with Gasteiger partial charge in [-0.05, 0) is 60.9 Å². The third kappa shape index (κ3) is 3.28. The molecule has 2 aromatic carbocycles. The highest BCUT2D eigenvalue weighted by Gasteiger charge is 2.15. The maximum atomic E-state index is 9.56. The van der Waals surface area contributed by atoms with Crippen molar-refractivity contribution in [1.29, 1.82) is 5.26 Å². The van der Waals surface area contributed by atoms with Gasteiger partial charge in [-0.3, -0.25) is 0 Å². The molecule has 28 heavy (non-hydrogen) atoms. The molecule has 4 aromatic rings. The average molecular weight is 368 g/mol. The zero-order valence-electron chi connectivity index (χ0n) is 15.8. The van der Waals surface area contributed by atoms with E-state index >= 15 is 0 Å². The fraction of sp³-hybridized carbons (Fsp3) is 0.130. The topological polar surface area (TPSA) is 62.4 Å². The molecule has 138 valence electrons. The van der Waals surface area contributed by atoms with Crippen LogP contribution in [0.4, 0.5) is 11.4 Å². The Morgan fingerprint density at radius 2 is 1.79 bits per heavy atom. The van der Waals surface area contributed by atoms with E-state index in [0.29, 0.717) is 5.56 Å². The van der Waals surface area contributed by atoms with E-state index in [1.165, 1.54) is 5.56 Å². The van der Waals surface area contributed by atoms with Crippen LogP contribution in [0.1, 0.15) is 23.6 Å². The van der Waals surface area contributed by atoms with E-state index < -0.39 is 0 Å². The highest BCUT2D eigenvalue weighted by molar-refractivity contribution is 5.85. The molecule has 0 atom stereocenters. The monoisotopic (exact) mass is 368 g/mol. The number of rotatable bonds is 5. The third-order valence-corrected chi connectivity index (χ3v) is 4.77. The number of para-hydroxylation sites is 1. The molecule has 0 unspecified atom stereocenters. The summed E-state index contributed by atoms with van der Waals surface area (Å²) in [7, 11) is 0. The van der Waals surface area contributed by atoms with Crippen molar-refractivity contribution >= 4 is 16.9 Å². The van der Waals surface area contributed by atoms with Gasteiger partial charge < -0.3 is 10.1 Å². The van der Waals surface area contributed by atoms with Crippen LogP contribution in [0.5, 0.6) is 11.5 Å². The zero-order valence-corrected chi connectivity index (χ0v) is 15.8. The minimum atomic E-state index is 0.515. The number of benzene rings is 2. The summed E-state index contributed by atoms with van der Waals surface area (Å²) in [5.41, 5.74) is 5.45. The molecule has 0 saturated carbocycles. The second kappa shape index (κ2) is 7.45. The lowest BCUT2D eigenvalue weighted by Crippen LogP contribution is -2.00. The molecule has 0 fully saturated rings. The summed E-state index contributed by atoms with van der Waals surface area (Å²) in [6.07, 6.45) is 4.54. The molecule has 0 aliphatic heterocycles. The van der Waals surface area contributed by atoms with Crippen LogP contribution >= 0.6 is 0 Å². The summed E-state index contributed by atoms with van der Waals surface area (Å²) in [5, 5.41) is 17.3. The molecular weight excluding hydrogens is 348 g/mol. The van der Waals surface area contributed by atoms with E-state index in [4.69, 9.17) is 4.74 Å². The van der Waals surface area contributed by atoms with Gasteiger partial charge >= 0.3 is 0 Å². The Kier molecular flexibility index (Phi) is 4.69. The smallest absolute Gasteiger partial charge is 0.127 e. The number of nitriles is 1. The summed E-state index contributed by atoms with van der Waals surface area (Å²) in [4.78, 5) is 0. The van der Waals surface area contributed by atoms with Crippen LogP contribution in [0, 0.1) is 18.3 Å². The van der Waals surface area contributed by atoms with Gasteiger partial charge in [0.2, 0.25) is 0 Å². The van der Waals surface area contributed by atoms with Gasteiger partial charge in [-0.25, -0.2) is 4.52 Å². The Balaban J connectivity index is 1.66. The van der Waals surface area contributed by atoms with Crippen LogP contribution in [0.3, 0.4) is 0 Å². The van der Waals surface area contributed by atoms with Gasteiger partial charge in [0.05, 0.1) is 23.0 Å². The van der Waals surface area contributed by atoms with Crippen LogP contribution in [-0.4, -0.2) is 9.61 Å². The van der Waals surface area contributed by atoms with Crippen molar-refractivity contribution in [2.45, 2.75) is 20.3 Å². The molecule has 0 radical (unpaired) electrons. The highest BCUT2D eigenvalue weighted by atomic mass is 16.5. The fourth-order valence-electron chi connectivity index (χ4n) is 3.28. The maximum absolute atomic E-state index is 9.56. The molecule has 0 aliphatic rings. The molecule has 0 aliphatic carbocycles. The molecule has 0 spiro atoms. The van der Waals surface area contributed by atoms with Crippen LogP contribution < -0.4 is 10.1 Å². The number of aryl methyl sites for hydroxylation is 2. The highest BCUT2D eigenvalue weighted by Crippen LogP contribution is 2.31. The van der Waals surface area contributed by atoms with Gasteiger partial charge in [-0.1, -0.05) is 25.1 Å². The van der Waals surface area contributed by atoms with Gasteiger partial charge in [0, 0.05) is 11.9 Å². The first kappa shape index (κ1) is 17.6. The zero-order chi connectivity index (χ0) is 19.5. The first-order valence-corrected chi connectivity index (χ1v) is 9.19. The van der Waals surface area contributed by atoms with Gasteiger partial charge in [-0.2, -0.15) is 10.4 Å². The minimum absolute atomic E-state index is 0.515. The van der Waals surface area contributed by atoms with Gasteiger partial charge in [0.15, 0.2) is 0 Å². The molecule has 0 saturated heterocycles. The number of hydrogen-bond donors (Lipinski definition) is 1. The molecule has 1 N–H and O–H groups in total. The molecule has 4 rings (SSSR count).